The van der Waals surface area contributed by atoms with Gasteiger partial charge in [0.2, 0.25) is 0 Å². The van der Waals surface area contributed by atoms with Crippen LogP contribution in [0, 0.1) is 0 Å². The average molecular weight is 235 g/mol. The minimum absolute atomic E-state index is 0.522. The lowest BCUT2D eigenvalue weighted by atomic mass is 10.2. The molecule has 0 aromatic heterocycles. The number of carboxylic acid groups (broad SMARTS) is 1. The molecule has 0 aliphatic rings. The largest absolute Gasteiger partial charge is 0.491 e. The van der Waals surface area contributed by atoms with E-state index in [0.717, 1.165) is 24.5 Å². The minimum atomic E-state index is -0.980. The zero-order chi connectivity index (χ0) is 12.7. The van der Waals surface area contributed by atoms with Crippen LogP contribution in [0.25, 0.3) is 6.08 Å². The van der Waals surface area contributed by atoms with Crippen LogP contribution in [0.1, 0.15) is 25.3 Å². The van der Waals surface area contributed by atoms with E-state index in [0.29, 0.717) is 18.0 Å². The molecular weight excluding hydrogens is 218 g/mol. The summed E-state index contributed by atoms with van der Waals surface area (Å²) in [5, 5.41) is 8.50. The Morgan fingerprint density at radius 3 is 2.88 bits per heavy atom. The molecule has 0 saturated carbocycles. The lowest BCUT2D eigenvalue weighted by Gasteiger charge is -2.08. The van der Waals surface area contributed by atoms with E-state index >= 15 is 0 Å². The summed E-state index contributed by atoms with van der Waals surface area (Å²) in [5.41, 5.74) is 7.07. The van der Waals surface area contributed by atoms with Crippen LogP contribution in [0.4, 0.5) is 5.69 Å². The number of hydrogen-bond donors (Lipinski definition) is 2. The summed E-state index contributed by atoms with van der Waals surface area (Å²) >= 11 is 0. The van der Waals surface area contributed by atoms with Gasteiger partial charge in [-0.05, 0) is 30.2 Å². The van der Waals surface area contributed by atoms with Gasteiger partial charge < -0.3 is 15.6 Å². The summed E-state index contributed by atoms with van der Waals surface area (Å²) in [6.45, 7) is 2.73. The molecule has 0 saturated heterocycles. The highest BCUT2D eigenvalue weighted by atomic mass is 16.5. The molecule has 0 spiro atoms. The van der Waals surface area contributed by atoms with E-state index in [-0.39, 0.29) is 0 Å². The Morgan fingerprint density at radius 1 is 1.53 bits per heavy atom. The molecule has 1 rings (SSSR count). The van der Waals surface area contributed by atoms with Crippen LogP contribution in [-0.4, -0.2) is 17.7 Å². The van der Waals surface area contributed by atoms with Crippen molar-refractivity contribution in [3.8, 4) is 5.75 Å². The Balaban J connectivity index is 2.69. The van der Waals surface area contributed by atoms with Gasteiger partial charge in [-0.2, -0.15) is 0 Å². The molecule has 0 aliphatic carbocycles. The fourth-order valence-corrected chi connectivity index (χ4v) is 1.30. The van der Waals surface area contributed by atoms with Crippen LogP contribution < -0.4 is 10.5 Å². The van der Waals surface area contributed by atoms with Crippen molar-refractivity contribution in [2.24, 2.45) is 0 Å². The molecule has 0 aliphatic heterocycles. The first-order valence-corrected chi connectivity index (χ1v) is 5.57. The topological polar surface area (TPSA) is 72.5 Å². The van der Waals surface area contributed by atoms with Gasteiger partial charge >= 0.3 is 5.97 Å². The van der Waals surface area contributed by atoms with Gasteiger partial charge in [-0.1, -0.05) is 19.4 Å². The summed E-state index contributed by atoms with van der Waals surface area (Å²) in [6.07, 6.45) is 4.63. The lowest BCUT2D eigenvalue weighted by molar-refractivity contribution is -0.131. The third-order valence-corrected chi connectivity index (χ3v) is 2.21. The van der Waals surface area contributed by atoms with Crippen LogP contribution in [0.15, 0.2) is 24.3 Å². The predicted molar refractivity (Wildman–Crippen MR) is 67.9 cm³/mol. The van der Waals surface area contributed by atoms with Crippen LogP contribution in [0.2, 0.25) is 0 Å². The van der Waals surface area contributed by atoms with Crippen LogP contribution in [-0.2, 0) is 4.79 Å². The maximum atomic E-state index is 10.4. The number of nitrogens with two attached hydrogens (primary N) is 1. The first-order valence-electron chi connectivity index (χ1n) is 5.57. The van der Waals surface area contributed by atoms with E-state index in [1.54, 1.807) is 18.2 Å². The number of ether oxygens (including phenoxy) is 1. The molecule has 0 fully saturated rings. The van der Waals surface area contributed by atoms with Gasteiger partial charge in [-0.15, -0.1) is 0 Å². The van der Waals surface area contributed by atoms with Crippen molar-refractivity contribution in [2.45, 2.75) is 19.8 Å². The fourth-order valence-electron chi connectivity index (χ4n) is 1.30. The number of nitrogen functional groups attached to an aromatic ring is 1. The molecule has 0 radical (unpaired) electrons. The lowest BCUT2D eigenvalue weighted by Crippen LogP contribution is -2.00. The molecule has 3 N–H and O–H groups in total. The molecule has 92 valence electrons. The van der Waals surface area contributed by atoms with Crippen LogP contribution in [0.5, 0.6) is 5.75 Å². The number of rotatable bonds is 6. The maximum absolute atomic E-state index is 10.4. The predicted octanol–water partition coefficient (Wildman–Crippen LogP) is 2.55. The molecule has 0 atom stereocenters. The zero-order valence-electron chi connectivity index (χ0n) is 9.85. The number of hydrogen-bond acceptors (Lipinski definition) is 3. The first kappa shape index (κ1) is 13.1. The van der Waals surface area contributed by atoms with Gasteiger partial charge in [-0.25, -0.2) is 4.79 Å². The van der Waals surface area contributed by atoms with E-state index in [1.165, 1.54) is 6.08 Å². The summed E-state index contributed by atoms with van der Waals surface area (Å²) in [5.74, 6) is -0.335. The molecule has 0 unspecified atom stereocenters. The number of benzene rings is 1. The third kappa shape index (κ3) is 4.59. The van der Waals surface area contributed by atoms with Gasteiger partial charge in [0.1, 0.15) is 5.75 Å². The first-order chi connectivity index (χ1) is 8.13. The molecule has 4 nitrogen and oxygen atoms in total. The van der Waals surface area contributed by atoms with E-state index in [1.807, 2.05) is 0 Å². The smallest absolute Gasteiger partial charge is 0.328 e. The Kier molecular flexibility index (Phi) is 5.07. The van der Waals surface area contributed by atoms with Gasteiger partial charge in [0.25, 0.3) is 0 Å². The number of anilines is 1. The summed E-state index contributed by atoms with van der Waals surface area (Å²) in [4.78, 5) is 10.4. The summed E-state index contributed by atoms with van der Waals surface area (Å²) in [6, 6.07) is 5.23. The van der Waals surface area contributed by atoms with Crippen molar-refractivity contribution in [1.82, 2.24) is 0 Å². The molecule has 17 heavy (non-hydrogen) atoms. The normalized spacial score (nSPS) is 10.6. The van der Waals surface area contributed by atoms with E-state index in [4.69, 9.17) is 15.6 Å². The number of aliphatic carboxylic acids is 1. The Bertz CT molecular complexity index is 413. The molecule has 1 aromatic carbocycles. The highest BCUT2D eigenvalue weighted by Crippen LogP contribution is 2.23. The Hall–Kier alpha value is -1.97. The van der Waals surface area contributed by atoms with Crippen molar-refractivity contribution >= 4 is 17.7 Å². The zero-order valence-corrected chi connectivity index (χ0v) is 9.85. The van der Waals surface area contributed by atoms with Crippen molar-refractivity contribution < 1.29 is 14.6 Å². The van der Waals surface area contributed by atoms with Crippen molar-refractivity contribution in [3.63, 3.8) is 0 Å². The quantitative estimate of drug-likeness (QED) is 0.451. The second-order valence-electron chi connectivity index (χ2n) is 3.67. The second-order valence-corrected chi connectivity index (χ2v) is 3.67. The Morgan fingerprint density at radius 2 is 2.29 bits per heavy atom. The number of carboxylic acids is 1. The van der Waals surface area contributed by atoms with E-state index < -0.39 is 5.97 Å². The number of carbonyl (C=O) groups is 1. The van der Waals surface area contributed by atoms with Gasteiger partial charge in [0.05, 0.1) is 12.3 Å². The summed E-state index contributed by atoms with van der Waals surface area (Å²) < 4.78 is 5.49. The molecular formula is C13H17NO3. The average Bonchev–Trinajstić information content (AvgIpc) is 2.29. The third-order valence-electron chi connectivity index (χ3n) is 2.21. The minimum Gasteiger partial charge on any atom is -0.491 e. The standard InChI is InChI=1S/C13H17NO3/c1-2-3-8-17-12-6-4-10(9-11(12)14)5-7-13(15)16/h4-7,9H,2-3,8,14H2,1H3,(H,15,16)/b7-5-. The van der Waals surface area contributed by atoms with Gasteiger partial charge in [0, 0.05) is 6.08 Å². The van der Waals surface area contributed by atoms with Gasteiger partial charge in [-0.3, -0.25) is 0 Å². The van der Waals surface area contributed by atoms with Crippen molar-refractivity contribution in [3.05, 3.63) is 29.8 Å². The highest BCUT2D eigenvalue weighted by Gasteiger charge is 2.00. The SMILES string of the molecule is CCCCOc1ccc(/C=C\C(=O)O)cc1N. The fraction of sp³-hybridized carbons (Fsp3) is 0.308. The molecule has 0 heterocycles. The van der Waals surface area contributed by atoms with Crippen molar-refractivity contribution in [2.75, 3.05) is 12.3 Å². The maximum Gasteiger partial charge on any atom is 0.328 e. The summed E-state index contributed by atoms with van der Waals surface area (Å²) in [7, 11) is 0. The van der Waals surface area contributed by atoms with Crippen LogP contribution >= 0.6 is 0 Å². The molecule has 1 aromatic rings. The Labute approximate surface area is 101 Å². The molecule has 4 heteroatoms. The highest BCUT2D eigenvalue weighted by molar-refractivity contribution is 5.85. The molecule has 0 bridgehead atoms. The van der Waals surface area contributed by atoms with E-state index in [2.05, 4.69) is 6.92 Å². The van der Waals surface area contributed by atoms with Crippen molar-refractivity contribution in [1.29, 1.82) is 0 Å². The number of unbranched alkanes of at least 4 members (excludes halogenated alkanes) is 1. The van der Waals surface area contributed by atoms with Gasteiger partial charge in [0.15, 0.2) is 0 Å². The monoisotopic (exact) mass is 235 g/mol. The molecule has 0 amide bonds. The second kappa shape index (κ2) is 6.58. The van der Waals surface area contributed by atoms with E-state index in [9.17, 15) is 4.79 Å². The van der Waals surface area contributed by atoms with Crippen LogP contribution in [0.3, 0.4) is 0 Å².